The van der Waals surface area contributed by atoms with Gasteiger partial charge in [-0.25, -0.2) is 8.42 Å². The lowest BCUT2D eigenvalue weighted by Crippen LogP contribution is -2.42. The second kappa shape index (κ2) is 4.49. The van der Waals surface area contributed by atoms with Crippen LogP contribution in [0.2, 0.25) is 0 Å². The highest BCUT2D eigenvalue weighted by Gasteiger charge is 2.31. The van der Waals surface area contributed by atoms with Crippen LogP contribution in [-0.2, 0) is 21.1 Å². The third-order valence-electron chi connectivity index (χ3n) is 3.19. The zero-order valence-electron chi connectivity index (χ0n) is 9.67. The highest BCUT2D eigenvalue weighted by atomic mass is 32.2. The normalized spacial score (nSPS) is 19.8. The van der Waals surface area contributed by atoms with Crippen molar-refractivity contribution in [3.8, 4) is 0 Å². The quantitative estimate of drug-likeness (QED) is 0.755. The van der Waals surface area contributed by atoms with Crippen molar-refractivity contribution < 1.29 is 13.2 Å². The van der Waals surface area contributed by atoms with Crippen LogP contribution in [0.3, 0.4) is 0 Å². The van der Waals surface area contributed by atoms with Gasteiger partial charge in [0.2, 0.25) is 6.41 Å². The van der Waals surface area contributed by atoms with Gasteiger partial charge >= 0.3 is 0 Å². The van der Waals surface area contributed by atoms with Crippen LogP contribution < -0.4 is 4.90 Å². The second-order valence-electron chi connectivity index (χ2n) is 4.16. The summed E-state index contributed by atoms with van der Waals surface area (Å²) in [5.41, 5.74) is 1.75. The molecule has 0 aliphatic carbocycles. The molecule has 1 unspecified atom stereocenters. The SMILES string of the molecule is CCS(=O)(=O)C1Cc2ccccc2N(C=O)C1. The molecule has 0 spiro atoms. The van der Waals surface area contributed by atoms with Crippen molar-refractivity contribution >= 4 is 21.9 Å². The van der Waals surface area contributed by atoms with E-state index in [0.29, 0.717) is 12.8 Å². The maximum atomic E-state index is 11.9. The molecule has 1 aromatic rings. The number of sulfone groups is 1. The number of amides is 1. The number of hydrogen-bond acceptors (Lipinski definition) is 3. The van der Waals surface area contributed by atoms with Gasteiger partial charge in [-0.2, -0.15) is 0 Å². The number of carbonyl (C=O) groups excluding carboxylic acids is 1. The van der Waals surface area contributed by atoms with E-state index in [2.05, 4.69) is 0 Å². The third-order valence-corrected chi connectivity index (χ3v) is 5.32. The first kappa shape index (κ1) is 12.1. The van der Waals surface area contributed by atoms with Crippen molar-refractivity contribution in [3.63, 3.8) is 0 Å². The lowest BCUT2D eigenvalue weighted by atomic mass is 10.0. The largest absolute Gasteiger partial charge is 0.313 e. The number of fused-ring (bicyclic) bond motifs is 1. The number of hydrogen-bond donors (Lipinski definition) is 0. The molecule has 1 aliphatic rings. The van der Waals surface area contributed by atoms with E-state index in [9.17, 15) is 13.2 Å². The zero-order valence-corrected chi connectivity index (χ0v) is 10.5. The molecule has 0 bridgehead atoms. The first-order valence-corrected chi connectivity index (χ1v) is 7.31. The van der Waals surface area contributed by atoms with Gasteiger partial charge in [-0.05, 0) is 18.1 Å². The third kappa shape index (κ3) is 2.20. The van der Waals surface area contributed by atoms with Gasteiger partial charge in [0, 0.05) is 18.0 Å². The van der Waals surface area contributed by atoms with Crippen LogP contribution in [-0.4, -0.2) is 32.4 Å². The Hall–Kier alpha value is -1.36. The number of para-hydroxylation sites is 1. The fraction of sp³-hybridized carbons (Fsp3) is 0.417. The molecule has 0 radical (unpaired) electrons. The molecular formula is C12H15NO3S. The number of rotatable bonds is 3. The first-order valence-electron chi connectivity index (χ1n) is 5.60. The summed E-state index contributed by atoms with van der Waals surface area (Å²) in [6.07, 6.45) is 1.20. The van der Waals surface area contributed by atoms with Gasteiger partial charge in [-0.1, -0.05) is 25.1 Å². The minimum absolute atomic E-state index is 0.118. The van der Waals surface area contributed by atoms with Crippen LogP contribution in [0.15, 0.2) is 24.3 Å². The van der Waals surface area contributed by atoms with Crippen molar-refractivity contribution in [2.75, 3.05) is 17.2 Å². The number of benzene rings is 1. The zero-order chi connectivity index (χ0) is 12.5. The maximum absolute atomic E-state index is 11.9. The van der Waals surface area contributed by atoms with E-state index in [-0.39, 0.29) is 12.3 Å². The van der Waals surface area contributed by atoms with Gasteiger partial charge in [-0.3, -0.25) is 4.79 Å². The van der Waals surface area contributed by atoms with Gasteiger partial charge in [0.15, 0.2) is 9.84 Å². The van der Waals surface area contributed by atoms with Crippen LogP contribution in [0.5, 0.6) is 0 Å². The maximum Gasteiger partial charge on any atom is 0.214 e. The Morgan fingerprint density at radius 1 is 1.41 bits per heavy atom. The molecule has 1 amide bonds. The summed E-state index contributed by atoms with van der Waals surface area (Å²) in [6.45, 7) is 1.90. The van der Waals surface area contributed by atoms with Crippen molar-refractivity contribution in [3.05, 3.63) is 29.8 Å². The Kier molecular flexibility index (Phi) is 3.19. The predicted octanol–water partition coefficient (Wildman–Crippen LogP) is 1.01. The monoisotopic (exact) mass is 253 g/mol. The molecule has 92 valence electrons. The summed E-state index contributed by atoms with van der Waals surface area (Å²) in [6, 6.07) is 7.44. The number of carbonyl (C=O) groups is 1. The van der Waals surface area contributed by atoms with Gasteiger partial charge in [-0.15, -0.1) is 0 Å². The highest BCUT2D eigenvalue weighted by Crippen LogP contribution is 2.28. The van der Waals surface area contributed by atoms with E-state index >= 15 is 0 Å². The summed E-state index contributed by atoms with van der Waals surface area (Å²) < 4.78 is 23.8. The van der Waals surface area contributed by atoms with Gasteiger partial charge < -0.3 is 4.90 Å². The summed E-state index contributed by atoms with van der Waals surface area (Å²) in [5.74, 6) is 0.118. The van der Waals surface area contributed by atoms with E-state index in [1.54, 1.807) is 6.92 Å². The lowest BCUT2D eigenvalue weighted by molar-refractivity contribution is -0.107. The molecule has 0 saturated heterocycles. The second-order valence-corrected chi connectivity index (χ2v) is 6.73. The van der Waals surface area contributed by atoms with E-state index in [4.69, 9.17) is 0 Å². The molecule has 0 saturated carbocycles. The fourth-order valence-corrected chi connectivity index (χ4v) is 3.46. The topological polar surface area (TPSA) is 54.5 Å². The molecule has 0 N–H and O–H groups in total. The van der Waals surface area contributed by atoms with E-state index < -0.39 is 15.1 Å². The Balaban J connectivity index is 2.40. The molecular weight excluding hydrogens is 238 g/mol. The average molecular weight is 253 g/mol. The fourth-order valence-electron chi connectivity index (χ4n) is 2.17. The van der Waals surface area contributed by atoms with E-state index in [1.807, 2.05) is 24.3 Å². The molecule has 1 heterocycles. The minimum Gasteiger partial charge on any atom is -0.313 e. The molecule has 4 nitrogen and oxygen atoms in total. The molecule has 2 rings (SSSR count). The van der Waals surface area contributed by atoms with E-state index in [0.717, 1.165) is 11.3 Å². The van der Waals surface area contributed by atoms with Crippen molar-refractivity contribution in [1.29, 1.82) is 0 Å². The van der Waals surface area contributed by atoms with Crippen LogP contribution >= 0.6 is 0 Å². The van der Waals surface area contributed by atoms with Crippen LogP contribution in [0.4, 0.5) is 5.69 Å². The van der Waals surface area contributed by atoms with Gasteiger partial charge in [0.05, 0.1) is 5.25 Å². The number of anilines is 1. The smallest absolute Gasteiger partial charge is 0.214 e. The Morgan fingerprint density at radius 3 is 2.76 bits per heavy atom. The molecule has 17 heavy (non-hydrogen) atoms. The minimum atomic E-state index is -3.11. The number of nitrogens with zero attached hydrogens (tertiary/aromatic N) is 1. The van der Waals surface area contributed by atoms with Crippen molar-refractivity contribution in [2.24, 2.45) is 0 Å². The molecule has 1 aliphatic heterocycles. The first-order chi connectivity index (χ1) is 8.08. The predicted molar refractivity (Wildman–Crippen MR) is 66.8 cm³/mol. The highest BCUT2D eigenvalue weighted by molar-refractivity contribution is 7.92. The van der Waals surface area contributed by atoms with Gasteiger partial charge in [0.1, 0.15) is 0 Å². The van der Waals surface area contributed by atoms with Gasteiger partial charge in [0.25, 0.3) is 0 Å². The molecule has 5 heteroatoms. The summed E-state index contributed by atoms with van der Waals surface area (Å²) >= 11 is 0. The average Bonchev–Trinajstić information content (AvgIpc) is 2.37. The Morgan fingerprint density at radius 2 is 2.12 bits per heavy atom. The Bertz CT molecular complexity index is 524. The summed E-state index contributed by atoms with van der Waals surface area (Å²) in [7, 11) is -3.11. The molecule has 1 atom stereocenters. The molecule has 1 aromatic carbocycles. The Labute approximate surface area is 101 Å². The standard InChI is InChI=1S/C12H15NO3S/c1-2-17(15,16)11-7-10-5-3-4-6-12(10)13(8-11)9-14/h3-6,9,11H,2,7-8H2,1H3. The summed E-state index contributed by atoms with van der Waals surface area (Å²) in [4.78, 5) is 12.5. The van der Waals surface area contributed by atoms with Crippen LogP contribution in [0.1, 0.15) is 12.5 Å². The van der Waals surface area contributed by atoms with Crippen LogP contribution in [0, 0.1) is 0 Å². The van der Waals surface area contributed by atoms with Crippen molar-refractivity contribution in [1.82, 2.24) is 0 Å². The lowest BCUT2D eigenvalue weighted by Gasteiger charge is -2.31. The van der Waals surface area contributed by atoms with E-state index in [1.165, 1.54) is 4.90 Å². The van der Waals surface area contributed by atoms with Crippen molar-refractivity contribution in [2.45, 2.75) is 18.6 Å². The molecule has 0 fully saturated rings. The summed E-state index contributed by atoms with van der Waals surface area (Å²) in [5, 5.41) is -0.479. The van der Waals surface area contributed by atoms with Crippen LogP contribution in [0.25, 0.3) is 0 Å². The molecule has 0 aromatic heterocycles.